The molecule has 1 atom stereocenters. The molecule has 1 fully saturated rings. The first kappa shape index (κ1) is 13.8. The molecule has 1 aliphatic heterocycles. The van der Waals surface area contributed by atoms with Crippen LogP contribution in [-0.4, -0.2) is 36.5 Å². The average Bonchev–Trinajstić information content (AvgIpc) is 2.48. The number of carbonyl (C=O) groups is 1. The van der Waals surface area contributed by atoms with Gasteiger partial charge < -0.3 is 10.2 Å². The molecule has 1 heterocycles. The molecule has 1 aliphatic rings. The third kappa shape index (κ3) is 4.86. The van der Waals surface area contributed by atoms with Crippen LogP contribution in [0.3, 0.4) is 0 Å². The number of unbranched alkanes of at least 4 members (excludes halogenated alkanes) is 1. The van der Waals surface area contributed by atoms with Crippen LogP contribution < -0.4 is 5.32 Å². The molecule has 0 bridgehead atoms. The number of amides is 1. The molecular weight excluding hydrogens is 196 g/mol. The van der Waals surface area contributed by atoms with Crippen LogP contribution in [0.1, 0.15) is 33.1 Å². The molecule has 0 saturated carbocycles. The van der Waals surface area contributed by atoms with Gasteiger partial charge in [0.1, 0.15) is 0 Å². The smallest absolute Gasteiger partial charge is 0.217 e. The van der Waals surface area contributed by atoms with Gasteiger partial charge >= 0.3 is 0 Å². The first-order valence-electron chi connectivity index (χ1n) is 5.22. The zero-order chi connectivity index (χ0) is 9.68. The second kappa shape index (κ2) is 7.12. The van der Waals surface area contributed by atoms with E-state index in [9.17, 15) is 4.79 Å². The molecule has 84 valence electrons. The first-order chi connectivity index (χ1) is 6.22. The molecule has 0 radical (unpaired) electrons. The zero-order valence-electron chi connectivity index (χ0n) is 9.18. The summed E-state index contributed by atoms with van der Waals surface area (Å²) >= 11 is 0. The van der Waals surface area contributed by atoms with Gasteiger partial charge in [-0.05, 0) is 19.4 Å². The summed E-state index contributed by atoms with van der Waals surface area (Å²) in [5, 5.41) is 2.97. The van der Waals surface area contributed by atoms with E-state index in [1.165, 1.54) is 19.4 Å². The van der Waals surface area contributed by atoms with E-state index < -0.39 is 0 Å². The van der Waals surface area contributed by atoms with Crippen LogP contribution in [-0.2, 0) is 4.79 Å². The molecule has 0 aromatic heterocycles. The molecule has 0 aromatic carbocycles. The van der Waals surface area contributed by atoms with Gasteiger partial charge in [0.05, 0.1) is 0 Å². The fourth-order valence-corrected chi connectivity index (χ4v) is 1.82. The highest BCUT2D eigenvalue weighted by Gasteiger charge is 2.21. The van der Waals surface area contributed by atoms with E-state index in [2.05, 4.69) is 17.1 Å². The van der Waals surface area contributed by atoms with Crippen LogP contribution in [0, 0.1) is 0 Å². The van der Waals surface area contributed by atoms with Gasteiger partial charge in [0, 0.05) is 26.1 Å². The summed E-state index contributed by atoms with van der Waals surface area (Å²) in [6.45, 7) is 7.17. The van der Waals surface area contributed by atoms with Gasteiger partial charge in [-0.3, -0.25) is 4.79 Å². The SMILES string of the molecule is CCCCN1CCC(NC(C)=O)C1.S. The second-order valence-corrected chi connectivity index (χ2v) is 3.84. The Morgan fingerprint density at radius 3 is 2.86 bits per heavy atom. The Morgan fingerprint density at radius 2 is 2.29 bits per heavy atom. The topological polar surface area (TPSA) is 32.3 Å². The Balaban J connectivity index is 0.00000169. The summed E-state index contributed by atoms with van der Waals surface area (Å²) in [6, 6.07) is 0.398. The van der Waals surface area contributed by atoms with E-state index in [0.29, 0.717) is 6.04 Å². The molecule has 1 rings (SSSR count). The van der Waals surface area contributed by atoms with Gasteiger partial charge in [-0.2, -0.15) is 13.5 Å². The minimum Gasteiger partial charge on any atom is -0.352 e. The van der Waals surface area contributed by atoms with Gasteiger partial charge in [0.25, 0.3) is 0 Å². The summed E-state index contributed by atoms with van der Waals surface area (Å²) in [7, 11) is 0. The van der Waals surface area contributed by atoms with E-state index in [-0.39, 0.29) is 19.4 Å². The molecule has 1 saturated heterocycles. The summed E-state index contributed by atoms with van der Waals surface area (Å²) < 4.78 is 0. The van der Waals surface area contributed by atoms with Gasteiger partial charge in [-0.1, -0.05) is 13.3 Å². The molecule has 0 aromatic rings. The molecule has 1 amide bonds. The van der Waals surface area contributed by atoms with E-state index in [1.54, 1.807) is 6.92 Å². The van der Waals surface area contributed by atoms with E-state index >= 15 is 0 Å². The molecule has 3 nitrogen and oxygen atoms in total. The predicted molar refractivity (Wildman–Crippen MR) is 64.0 cm³/mol. The maximum absolute atomic E-state index is 10.8. The average molecular weight is 218 g/mol. The minimum atomic E-state index is 0. The highest BCUT2D eigenvalue weighted by molar-refractivity contribution is 7.59. The lowest BCUT2D eigenvalue weighted by Crippen LogP contribution is -2.35. The Bertz CT molecular complexity index is 176. The van der Waals surface area contributed by atoms with Crippen LogP contribution in [0.15, 0.2) is 0 Å². The lowest BCUT2D eigenvalue weighted by Gasteiger charge is -2.15. The summed E-state index contributed by atoms with van der Waals surface area (Å²) in [4.78, 5) is 13.2. The van der Waals surface area contributed by atoms with Crippen molar-refractivity contribution in [1.82, 2.24) is 10.2 Å². The number of nitrogens with zero attached hydrogens (tertiary/aromatic N) is 1. The van der Waals surface area contributed by atoms with Gasteiger partial charge in [0.2, 0.25) is 5.91 Å². The Hall–Kier alpha value is -0.220. The van der Waals surface area contributed by atoms with Crippen molar-refractivity contribution in [2.24, 2.45) is 0 Å². The van der Waals surface area contributed by atoms with Crippen molar-refractivity contribution in [3.63, 3.8) is 0 Å². The minimum absolute atomic E-state index is 0. The quantitative estimate of drug-likeness (QED) is 0.766. The summed E-state index contributed by atoms with van der Waals surface area (Å²) in [5.74, 6) is 0.0994. The van der Waals surface area contributed by atoms with Gasteiger partial charge in [0.15, 0.2) is 0 Å². The molecule has 4 heteroatoms. The third-order valence-electron chi connectivity index (χ3n) is 2.51. The zero-order valence-corrected chi connectivity index (χ0v) is 10.2. The van der Waals surface area contributed by atoms with E-state index in [0.717, 1.165) is 19.5 Å². The van der Waals surface area contributed by atoms with Crippen LogP contribution in [0.2, 0.25) is 0 Å². The Kier molecular flexibility index (Phi) is 7.01. The number of nitrogens with one attached hydrogen (secondary N) is 1. The van der Waals surface area contributed by atoms with Crippen LogP contribution in [0.5, 0.6) is 0 Å². The van der Waals surface area contributed by atoms with Crippen molar-refractivity contribution in [3.8, 4) is 0 Å². The summed E-state index contributed by atoms with van der Waals surface area (Å²) in [5.41, 5.74) is 0. The molecule has 0 aliphatic carbocycles. The lowest BCUT2D eigenvalue weighted by molar-refractivity contribution is -0.119. The van der Waals surface area contributed by atoms with Gasteiger partial charge in [-0.15, -0.1) is 0 Å². The van der Waals surface area contributed by atoms with E-state index in [4.69, 9.17) is 0 Å². The highest BCUT2D eigenvalue weighted by atomic mass is 32.1. The third-order valence-corrected chi connectivity index (χ3v) is 2.51. The molecule has 1 unspecified atom stereocenters. The van der Waals surface area contributed by atoms with Crippen LogP contribution in [0.4, 0.5) is 0 Å². The first-order valence-corrected chi connectivity index (χ1v) is 5.22. The normalized spacial score (nSPS) is 21.7. The largest absolute Gasteiger partial charge is 0.352 e. The lowest BCUT2D eigenvalue weighted by atomic mass is 10.2. The van der Waals surface area contributed by atoms with Crippen LogP contribution in [0.25, 0.3) is 0 Å². The van der Waals surface area contributed by atoms with Crippen LogP contribution >= 0.6 is 13.5 Å². The predicted octanol–water partition coefficient (Wildman–Crippen LogP) is 1.11. The number of hydrogen-bond acceptors (Lipinski definition) is 2. The van der Waals surface area contributed by atoms with Crippen molar-refractivity contribution >= 4 is 19.4 Å². The number of likely N-dealkylation sites (tertiary alicyclic amines) is 1. The molecule has 14 heavy (non-hydrogen) atoms. The van der Waals surface area contributed by atoms with Crippen molar-refractivity contribution in [3.05, 3.63) is 0 Å². The van der Waals surface area contributed by atoms with Crippen molar-refractivity contribution in [2.45, 2.75) is 39.2 Å². The van der Waals surface area contributed by atoms with Crippen molar-refractivity contribution in [2.75, 3.05) is 19.6 Å². The maximum atomic E-state index is 10.8. The number of hydrogen-bond donors (Lipinski definition) is 1. The summed E-state index contributed by atoms with van der Waals surface area (Å²) in [6.07, 6.45) is 3.64. The Morgan fingerprint density at radius 1 is 1.57 bits per heavy atom. The van der Waals surface area contributed by atoms with Crippen molar-refractivity contribution < 1.29 is 4.79 Å². The van der Waals surface area contributed by atoms with Gasteiger partial charge in [-0.25, -0.2) is 0 Å². The number of rotatable bonds is 4. The fraction of sp³-hybridized carbons (Fsp3) is 0.900. The second-order valence-electron chi connectivity index (χ2n) is 3.84. The monoisotopic (exact) mass is 218 g/mol. The standard InChI is InChI=1S/C10H20N2O.H2S/c1-3-4-6-12-7-5-10(8-12)11-9(2)13;/h10H,3-8H2,1-2H3,(H,11,13);1H2. The van der Waals surface area contributed by atoms with Crippen molar-refractivity contribution in [1.29, 1.82) is 0 Å². The fourth-order valence-electron chi connectivity index (χ4n) is 1.82. The van der Waals surface area contributed by atoms with E-state index in [1.807, 2.05) is 0 Å². The number of carbonyl (C=O) groups excluding carboxylic acids is 1. The molecular formula is C10H22N2OS. The maximum Gasteiger partial charge on any atom is 0.217 e. The molecule has 1 N–H and O–H groups in total. The molecule has 0 spiro atoms. The highest BCUT2D eigenvalue weighted by Crippen LogP contribution is 2.09. The Labute approximate surface area is 93.7 Å².